The second kappa shape index (κ2) is 6.61. The van der Waals surface area contributed by atoms with Crippen molar-refractivity contribution in [3.63, 3.8) is 0 Å². The van der Waals surface area contributed by atoms with Gasteiger partial charge in [0, 0.05) is 10.7 Å². The van der Waals surface area contributed by atoms with Crippen LogP contribution in [0.15, 0.2) is 42.5 Å². The van der Waals surface area contributed by atoms with Gasteiger partial charge in [0.05, 0.1) is 11.6 Å². The number of anilines is 1. The Balaban J connectivity index is 2.08. The highest BCUT2D eigenvalue weighted by Gasteiger charge is 2.05. The molecule has 0 bridgehead atoms. The Labute approximate surface area is 126 Å². The minimum absolute atomic E-state index is 0.0569. The fourth-order valence-corrected chi connectivity index (χ4v) is 1.95. The van der Waals surface area contributed by atoms with E-state index in [1.165, 1.54) is 0 Å². The molecule has 0 aromatic heterocycles. The Hall–Kier alpha value is -1.75. The van der Waals surface area contributed by atoms with Gasteiger partial charge in [-0.1, -0.05) is 23.2 Å². The Morgan fingerprint density at radius 3 is 2.45 bits per heavy atom. The van der Waals surface area contributed by atoms with Gasteiger partial charge >= 0.3 is 0 Å². The molecule has 0 unspecified atom stereocenters. The Kier molecular flexibility index (Phi) is 4.84. The third kappa shape index (κ3) is 3.87. The van der Waals surface area contributed by atoms with Crippen LogP contribution in [0, 0.1) is 0 Å². The van der Waals surface area contributed by atoms with Crippen molar-refractivity contribution in [1.82, 2.24) is 0 Å². The van der Waals surface area contributed by atoms with E-state index in [0.29, 0.717) is 27.2 Å². The van der Waals surface area contributed by atoms with Gasteiger partial charge in [-0.15, -0.1) is 0 Å². The maximum Gasteiger partial charge on any atom is 0.238 e. The summed E-state index contributed by atoms with van der Waals surface area (Å²) in [4.78, 5) is 11.1. The quantitative estimate of drug-likeness (QED) is 0.905. The molecule has 0 aliphatic rings. The third-order valence-corrected chi connectivity index (χ3v) is 2.98. The molecule has 0 heterocycles. The van der Waals surface area contributed by atoms with E-state index >= 15 is 0 Å². The lowest BCUT2D eigenvalue weighted by molar-refractivity contribution is -0.114. The highest BCUT2D eigenvalue weighted by Crippen LogP contribution is 2.31. The molecule has 0 saturated carbocycles. The summed E-state index contributed by atoms with van der Waals surface area (Å²) in [5.41, 5.74) is 5.87. The van der Waals surface area contributed by atoms with E-state index in [4.69, 9.17) is 33.7 Å². The number of amides is 1. The number of carbonyl (C=O) groups excluding carboxylic acids is 1. The van der Waals surface area contributed by atoms with Crippen LogP contribution in [0.1, 0.15) is 0 Å². The van der Waals surface area contributed by atoms with Crippen molar-refractivity contribution in [1.29, 1.82) is 0 Å². The molecule has 6 heteroatoms. The number of carbonyl (C=O) groups is 1. The fourth-order valence-electron chi connectivity index (χ4n) is 1.50. The summed E-state index contributed by atoms with van der Waals surface area (Å²) in [6, 6.07) is 11.9. The zero-order valence-electron chi connectivity index (χ0n) is 10.4. The molecular weight excluding hydrogens is 299 g/mol. The topological polar surface area (TPSA) is 64.4 Å². The predicted octanol–water partition coefficient (Wildman–Crippen LogP) is 3.68. The van der Waals surface area contributed by atoms with E-state index in [-0.39, 0.29) is 12.5 Å². The monoisotopic (exact) mass is 310 g/mol. The number of hydrogen-bond acceptors (Lipinski definition) is 3. The maximum atomic E-state index is 11.1. The van der Waals surface area contributed by atoms with Crippen LogP contribution in [0.5, 0.6) is 11.5 Å². The smallest absolute Gasteiger partial charge is 0.238 e. The summed E-state index contributed by atoms with van der Waals surface area (Å²) in [7, 11) is 0. The van der Waals surface area contributed by atoms with Gasteiger partial charge in [0.15, 0.2) is 0 Å². The lowest BCUT2D eigenvalue weighted by Gasteiger charge is -2.09. The number of benzene rings is 2. The summed E-state index contributed by atoms with van der Waals surface area (Å²) in [5.74, 6) is 0.856. The molecule has 4 nitrogen and oxygen atoms in total. The van der Waals surface area contributed by atoms with Crippen molar-refractivity contribution in [2.45, 2.75) is 0 Å². The average Bonchev–Trinajstić information content (AvgIpc) is 2.44. The van der Waals surface area contributed by atoms with Crippen molar-refractivity contribution < 1.29 is 9.53 Å². The molecule has 1 amide bonds. The van der Waals surface area contributed by atoms with E-state index in [1.54, 1.807) is 42.5 Å². The largest absolute Gasteiger partial charge is 0.456 e. The minimum atomic E-state index is -0.251. The SMILES string of the molecule is NCC(=O)Nc1ccc(Oc2ccc(Cl)cc2Cl)cc1. The highest BCUT2D eigenvalue weighted by molar-refractivity contribution is 6.35. The fraction of sp³-hybridized carbons (Fsp3) is 0.0714. The lowest BCUT2D eigenvalue weighted by atomic mass is 10.3. The molecule has 0 fully saturated rings. The molecular formula is C14H12Cl2N2O2. The molecule has 2 aromatic rings. The van der Waals surface area contributed by atoms with Crippen LogP contribution >= 0.6 is 23.2 Å². The van der Waals surface area contributed by atoms with Crippen LogP contribution in [0.2, 0.25) is 10.0 Å². The molecule has 0 aliphatic carbocycles. The van der Waals surface area contributed by atoms with Crippen LogP contribution in [0.4, 0.5) is 5.69 Å². The Bertz CT molecular complexity index is 615. The molecule has 104 valence electrons. The molecule has 0 radical (unpaired) electrons. The van der Waals surface area contributed by atoms with Gasteiger partial charge in [0.1, 0.15) is 11.5 Å². The summed E-state index contributed by atoms with van der Waals surface area (Å²) in [5, 5.41) is 3.61. The Morgan fingerprint density at radius 1 is 1.15 bits per heavy atom. The second-order valence-electron chi connectivity index (χ2n) is 3.95. The van der Waals surface area contributed by atoms with E-state index < -0.39 is 0 Å². The normalized spacial score (nSPS) is 10.2. The van der Waals surface area contributed by atoms with Gasteiger partial charge < -0.3 is 15.8 Å². The summed E-state index contributed by atoms with van der Waals surface area (Å²) in [6.07, 6.45) is 0. The van der Waals surface area contributed by atoms with Crippen LogP contribution in [-0.2, 0) is 4.79 Å². The Morgan fingerprint density at radius 2 is 1.85 bits per heavy atom. The summed E-state index contributed by atoms with van der Waals surface area (Å²) < 4.78 is 5.62. The van der Waals surface area contributed by atoms with Gasteiger partial charge in [-0.05, 0) is 42.5 Å². The van der Waals surface area contributed by atoms with Gasteiger partial charge in [0.25, 0.3) is 0 Å². The van der Waals surface area contributed by atoms with Crippen molar-refractivity contribution in [3.05, 3.63) is 52.5 Å². The van der Waals surface area contributed by atoms with Crippen molar-refractivity contribution in [3.8, 4) is 11.5 Å². The van der Waals surface area contributed by atoms with Gasteiger partial charge in [-0.2, -0.15) is 0 Å². The van der Waals surface area contributed by atoms with Crippen LogP contribution in [0.25, 0.3) is 0 Å². The predicted molar refractivity (Wildman–Crippen MR) is 80.7 cm³/mol. The molecule has 2 rings (SSSR count). The number of hydrogen-bond donors (Lipinski definition) is 2. The van der Waals surface area contributed by atoms with Crippen molar-refractivity contribution in [2.24, 2.45) is 5.73 Å². The molecule has 0 spiro atoms. The first-order chi connectivity index (χ1) is 9.58. The molecule has 20 heavy (non-hydrogen) atoms. The van der Waals surface area contributed by atoms with Gasteiger partial charge in [-0.25, -0.2) is 0 Å². The minimum Gasteiger partial charge on any atom is -0.456 e. The molecule has 0 aliphatic heterocycles. The van der Waals surface area contributed by atoms with E-state index in [2.05, 4.69) is 5.32 Å². The van der Waals surface area contributed by atoms with Crippen LogP contribution in [-0.4, -0.2) is 12.5 Å². The molecule has 0 atom stereocenters. The van der Waals surface area contributed by atoms with E-state index in [0.717, 1.165) is 0 Å². The maximum absolute atomic E-state index is 11.1. The van der Waals surface area contributed by atoms with Gasteiger partial charge in [0.2, 0.25) is 5.91 Å². The first kappa shape index (κ1) is 14.7. The standard InChI is InChI=1S/C14H12Cl2N2O2/c15-9-1-6-13(12(16)7-9)20-11-4-2-10(3-5-11)18-14(19)8-17/h1-7H,8,17H2,(H,18,19). The first-order valence-corrected chi connectivity index (χ1v) is 6.57. The molecule has 0 saturated heterocycles. The second-order valence-corrected chi connectivity index (χ2v) is 4.80. The summed E-state index contributed by atoms with van der Waals surface area (Å²) in [6.45, 7) is -0.0569. The van der Waals surface area contributed by atoms with Crippen LogP contribution < -0.4 is 15.8 Å². The summed E-state index contributed by atoms with van der Waals surface area (Å²) >= 11 is 11.8. The number of nitrogens with one attached hydrogen (secondary N) is 1. The molecule has 2 aromatic carbocycles. The number of nitrogens with two attached hydrogens (primary N) is 1. The third-order valence-electron chi connectivity index (χ3n) is 2.45. The van der Waals surface area contributed by atoms with Crippen LogP contribution in [0.3, 0.4) is 0 Å². The number of rotatable bonds is 4. The van der Waals surface area contributed by atoms with E-state index in [9.17, 15) is 4.79 Å². The van der Waals surface area contributed by atoms with E-state index in [1.807, 2.05) is 0 Å². The number of halogens is 2. The lowest BCUT2D eigenvalue weighted by Crippen LogP contribution is -2.21. The van der Waals surface area contributed by atoms with Crippen molar-refractivity contribution >= 4 is 34.8 Å². The highest BCUT2D eigenvalue weighted by atomic mass is 35.5. The first-order valence-electron chi connectivity index (χ1n) is 5.81. The zero-order chi connectivity index (χ0) is 14.5. The zero-order valence-corrected chi connectivity index (χ0v) is 11.9. The van der Waals surface area contributed by atoms with Gasteiger partial charge in [-0.3, -0.25) is 4.79 Å². The van der Waals surface area contributed by atoms with Crippen molar-refractivity contribution in [2.75, 3.05) is 11.9 Å². The average molecular weight is 311 g/mol. The number of ether oxygens (including phenoxy) is 1. The molecule has 3 N–H and O–H groups in total.